The van der Waals surface area contributed by atoms with Crippen LogP contribution in [0.15, 0.2) is 59.0 Å². The highest BCUT2D eigenvalue weighted by Gasteiger charge is 2.21. The number of likely N-dealkylation sites (N-methyl/N-ethyl adjacent to an activating group) is 1. The van der Waals surface area contributed by atoms with E-state index >= 15 is 0 Å². The first-order chi connectivity index (χ1) is 14.8. The summed E-state index contributed by atoms with van der Waals surface area (Å²) in [4.78, 5) is 42.1. The molecule has 0 saturated carbocycles. The number of oxazole rings is 1. The van der Waals surface area contributed by atoms with E-state index in [0.29, 0.717) is 17.3 Å². The van der Waals surface area contributed by atoms with Gasteiger partial charge in [0.25, 0.3) is 5.91 Å². The first-order valence-corrected chi connectivity index (χ1v) is 9.64. The summed E-state index contributed by atoms with van der Waals surface area (Å²) in [6.07, 6.45) is 0. The molecule has 1 aromatic heterocycles. The van der Waals surface area contributed by atoms with E-state index in [1.807, 2.05) is 37.3 Å². The zero-order valence-electron chi connectivity index (χ0n) is 17.5. The third kappa shape index (κ3) is 5.79. The maximum absolute atomic E-state index is 12.3. The zero-order valence-corrected chi connectivity index (χ0v) is 17.5. The van der Waals surface area contributed by atoms with E-state index in [2.05, 4.69) is 10.3 Å². The van der Waals surface area contributed by atoms with Crippen LogP contribution in [0.25, 0.3) is 11.5 Å². The number of ether oxygens (including phenoxy) is 1. The van der Waals surface area contributed by atoms with Gasteiger partial charge in [-0.15, -0.1) is 0 Å². The molecule has 0 atom stereocenters. The Balaban J connectivity index is 1.51. The number of benzene rings is 2. The summed E-state index contributed by atoms with van der Waals surface area (Å²) in [5, 5.41) is 2.71. The lowest BCUT2D eigenvalue weighted by atomic mass is 10.2. The molecule has 3 rings (SSSR count). The number of esters is 1. The van der Waals surface area contributed by atoms with E-state index in [-0.39, 0.29) is 18.1 Å². The average Bonchev–Trinajstić information content (AvgIpc) is 3.15. The molecule has 0 aliphatic heterocycles. The van der Waals surface area contributed by atoms with Crippen molar-refractivity contribution in [3.8, 4) is 11.5 Å². The molecule has 8 nitrogen and oxygen atoms in total. The first kappa shape index (κ1) is 21.8. The molecule has 2 amide bonds. The van der Waals surface area contributed by atoms with Gasteiger partial charge in [-0.05, 0) is 38.1 Å². The van der Waals surface area contributed by atoms with Gasteiger partial charge in [-0.3, -0.25) is 9.59 Å². The molecule has 0 spiro atoms. The number of nitrogens with one attached hydrogen (secondary N) is 1. The van der Waals surface area contributed by atoms with E-state index in [1.165, 1.54) is 11.9 Å². The molecule has 0 fully saturated rings. The molecule has 160 valence electrons. The standard InChI is InChI=1S/C23H23N3O5/c1-15-9-11-18(12-10-15)24-19(27)13-26(3)20(28)14-30-23(29)21-16(2)31-22(25-21)17-7-5-4-6-8-17/h4-12H,13-14H2,1-3H3,(H,24,27). The molecule has 0 unspecified atom stereocenters. The number of aromatic nitrogens is 1. The number of carbonyl (C=O) groups is 3. The Labute approximate surface area is 179 Å². The molecule has 31 heavy (non-hydrogen) atoms. The minimum absolute atomic E-state index is 0.00594. The number of hydrogen-bond donors (Lipinski definition) is 1. The van der Waals surface area contributed by atoms with Crippen molar-refractivity contribution < 1.29 is 23.5 Å². The molecule has 1 heterocycles. The average molecular weight is 421 g/mol. The smallest absolute Gasteiger partial charge is 0.361 e. The minimum atomic E-state index is -0.769. The minimum Gasteiger partial charge on any atom is -0.451 e. The molecule has 0 aliphatic rings. The van der Waals surface area contributed by atoms with Crippen molar-refractivity contribution in [2.24, 2.45) is 0 Å². The molecule has 8 heteroatoms. The van der Waals surface area contributed by atoms with Gasteiger partial charge in [0.2, 0.25) is 11.8 Å². The predicted octanol–water partition coefficient (Wildman–Crippen LogP) is 3.21. The van der Waals surface area contributed by atoms with Crippen molar-refractivity contribution in [1.82, 2.24) is 9.88 Å². The summed E-state index contributed by atoms with van der Waals surface area (Å²) in [6.45, 7) is 2.85. The van der Waals surface area contributed by atoms with Crippen molar-refractivity contribution in [1.29, 1.82) is 0 Å². The molecular weight excluding hydrogens is 398 g/mol. The third-order valence-electron chi connectivity index (χ3n) is 4.48. The second-order valence-electron chi connectivity index (χ2n) is 7.03. The van der Waals surface area contributed by atoms with Gasteiger partial charge in [0.1, 0.15) is 5.76 Å². The highest BCUT2D eigenvalue weighted by Crippen LogP contribution is 2.21. The molecule has 1 N–H and O–H groups in total. The van der Waals surface area contributed by atoms with E-state index in [9.17, 15) is 14.4 Å². The Morgan fingerprint density at radius 1 is 1.03 bits per heavy atom. The van der Waals surface area contributed by atoms with Gasteiger partial charge in [0.15, 0.2) is 12.3 Å². The molecule has 0 bridgehead atoms. The van der Waals surface area contributed by atoms with Crippen LogP contribution in [-0.4, -0.2) is 47.9 Å². The summed E-state index contributed by atoms with van der Waals surface area (Å²) in [7, 11) is 1.46. The van der Waals surface area contributed by atoms with Gasteiger partial charge in [-0.25, -0.2) is 9.78 Å². The maximum atomic E-state index is 12.3. The lowest BCUT2D eigenvalue weighted by Crippen LogP contribution is -2.37. The lowest BCUT2D eigenvalue weighted by molar-refractivity contribution is -0.136. The second-order valence-corrected chi connectivity index (χ2v) is 7.03. The number of carbonyl (C=O) groups excluding carboxylic acids is 3. The highest BCUT2D eigenvalue weighted by molar-refractivity contribution is 5.95. The van der Waals surface area contributed by atoms with Gasteiger partial charge in [-0.1, -0.05) is 35.9 Å². The number of aryl methyl sites for hydroxylation is 2. The van der Waals surface area contributed by atoms with Gasteiger partial charge < -0.3 is 19.4 Å². The summed E-state index contributed by atoms with van der Waals surface area (Å²) in [5.74, 6) is -1.06. The topological polar surface area (TPSA) is 102 Å². The summed E-state index contributed by atoms with van der Waals surface area (Å²) in [6, 6.07) is 16.4. The summed E-state index contributed by atoms with van der Waals surface area (Å²) >= 11 is 0. The molecule has 0 saturated heterocycles. The van der Waals surface area contributed by atoms with E-state index in [0.717, 1.165) is 11.1 Å². The number of anilines is 1. The predicted molar refractivity (Wildman–Crippen MR) is 114 cm³/mol. The maximum Gasteiger partial charge on any atom is 0.361 e. The van der Waals surface area contributed by atoms with Crippen LogP contribution in [0.2, 0.25) is 0 Å². The van der Waals surface area contributed by atoms with Crippen LogP contribution in [0.1, 0.15) is 21.8 Å². The fourth-order valence-electron chi connectivity index (χ4n) is 2.74. The van der Waals surface area contributed by atoms with Crippen LogP contribution < -0.4 is 5.32 Å². The highest BCUT2D eigenvalue weighted by atomic mass is 16.5. The van der Waals surface area contributed by atoms with Crippen molar-refractivity contribution in [2.75, 3.05) is 25.5 Å². The van der Waals surface area contributed by atoms with Crippen molar-refractivity contribution in [3.63, 3.8) is 0 Å². The fraction of sp³-hybridized carbons (Fsp3) is 0.217. The Hall–Kier alpha value is -3.94. The summed E-state index contributed by atoms with van der Waals surface area (Å²) < 4.78 is 10.6. The first-order valence-electron chi connectivity index (χ1n) is 9.64. The Morgan fingerprint density at radius 2 is 1.71 bits per heavy atom. The third-order valence-corrected chi connectivity index (χ3v) is 4.48. The Morgan fingerprint density at radius 3 is 2.39 bits per heavy atom. The van der Waals surface area contributed by atoms with Gasteiger partial charge in [0.05, 0.1) is 6.54 Å². The molecular formula is C23H23N3O5. The largest absolute Gasteiger partial charge is 0.451 e. The summed E-state index contributed by atoms with van der Waals surface area (Å²) in [5.41, 5.74) is 2.44. The fourth-order valence-corrected chi connectivity index (χ4v) is 2.74. The van der Waals surface area contributed by atoms with Crippen LogP contribution in [0.3, 0.4) is 0 Å². The molecule has 3 aromatic rings. The van der Waals surface area contributed by atoms with Crippen molar-refractivity contribution in [3.05, 3.63) is 71.6 Å². The van der Waals surface area contributed by atoms with Crippen LogP contribution in [0, 0.1) is 13.8 Å². The molecule has 0 radical (unpaired) electrons. The van der Waals surface area contributed by atoms with Gasteiger partial charge in [0, 0.05) is 18.3 Å². The number of hydrogen-bond acceptors (Lipinski definition) is 6. The monoisotopic (exact) mass is 421 g/mol. The quantitative estimate of drug-likeness (QED) is 0.588. The second kappa shape index (κ2) is 9.71. The van der Waals surface area contributed by atoms with Crippen molar-refractivity contribution >= 4 is 23.5 Å². The molecule has 2 aromatic carbocycles. The Bertz CT molecular complexity index is 1070. The Kier molecular flexibility index (Phi) is 6.81. The van der Waals surface area contributed by atoms with Crippen molar-refractivity contribution in [2.45, 2.75) is 13.8 Å². The van der Waals surface area contributed by atoms with E-state index in [4.69, 9.17) is 9.15 Å². The van der Waals surface area contributed by atoms with Crippen LogP contribution in [0.4, 0.5) is 5.69 Å². The number of nitrogens with zero attached hydrogens (tertiary/aromatic N) is 2. The van der Waals surface area contributed by atoms with Gasteiger partial charge >= 0.3 is 5.97 Å². The van der Waals surface area contributed by atoms with E-state index in [1.54, 1.807) is 31.2 Å². The number of amides is 2. The van der Waals surface area contributed by atoms with Crippen LogP contribution >= 0.6 is 0 Å². The normalized spacial score (nSPS) is 10.4. The van der Waals surface area contributed by atoms with Crippen LogP contribution in [-0.2, 0) is 14.3 Å². The van der Waals surface area contributed by atoms with E-state index < -0.39 is 18.5 Å². The SMILES string of the molecule is Cc1ccc(NC(=O)CN(C)C(=O)COC(=O)c2nc(-c3ccccc3)oc2C)cc1. The molecule has 0 aliphatic carbocycles. The zero-order chi connectivity index (χ0) is 22.4. The number of rotatable bonds is 7. The van der Waals surface area contributed by atoms with Gasteiger partial charge in [-0.2, -0.15) is 0 Å². The van der Waals surface area contributed by atoms with Crippen LogP contribution in [0.5, 0.6) is 0 Å². The lowest BCUT2D eigenvalue weighted by Gasteiger charge is -2.16.